The Morgan fingerprint density at radius 1 is 1.02 bits per heavy atom. The molecule has 2 aliphatic rings. The summed E-state index contributed by atoms with van der Waals surface area (Å²) in [6, 6.07) is 1.13. The van der Waals surface area contributed by atoms with Gasteiger partial charge in [-0.3, -0.25) is 9.59 Å². The maximum atomic E-state index is 14.8. The summed E-state index contributed by atoms with van der Waals surface area (Å²) in [6.45, 7) is -1.03. The fourth-order valence-electron chi connectivity index (χ4n) is 5.37. The van der Waals surface area contributed by atoms with E-state index in [0.29, 0.717) is 18.2 Å². The van der Waals surface area contributed by atoms with Gasteiger partial charge in [-0.15, -0.1) is 0 Å². The van der Waals surface area contributed by atoms with Gasteiger partial charge in [-0.05, 0) is 24.6 Å². The Morgan fingerprint density at radius 2 is 1.71 bits per heavy atom. The molecule has 1 saturated carbocycles. The van der Waals surface area contributed by atoms with Gasteiger partial charge in [0.2, 0.25) is 11.8 Å². The van der Waals surface area contributed by atoms with Gasteiger partial charge in [-0.2, -0.15) is 31.4 Å². The van der Waals surface area contributed by atoms with E-state index in [9.17, 15) is 49.1 Å². The number of benzene rings is 1. The monoisotopic (exact) mass is 608 g/mol. The zero-order chi connectivity index (χ0) is 30.8. The second-order valence-electron chi connectivity index (χ2n) is 10.2. The Balaban J connectivity index is 1.46. The number of halogens is 9. The third kappa shape index (κ3) is 5.43. The van der Waals surface area contributed by atoms with Crippen molar-refractivity contribution in [3.63, 3.8) is 0 Å². The molecule has 42 heavy (non-hydrogen) atoms. The number of nitrogens with one attached hydrogen (secondary N) is 1. The van der Waals surface area contributed by atoms with Crippen molar-refractivity contribution in [2.75, 3.05) is 18.8 Å². The van der Waals surface area contributed by atoms with Crippen LogP contribution in [0, 0.1) is 5.92 Å². The predicted octanol–water partition coefficient (Wildman–Crippen LogP) is 4.73. The van der Waals surface area contributed by atoms with E-state index in [-0.39, 0.29) is 17.7 Å². The van der Waals surface area contributed by atoms with Crippen LogP contribution in [0.15, 0.2) is 30.6 Å². The standard InChI is InChI=1S/C25H21F9N6O2/c26-16-8-39(22(42)12-3-4-23(27,28)7-12)9-17(16)38-21(41)13-5-11(1-2-14(13)24(29,30)31)18-6-15(25(32,33)34)19-20(35)36-10-37-40(18)19/h1-2,5-6,10,12,16-17H,3-4,7-9H2,(H,38,41)(H2,35,36,37)/t12?,16-,17+/m0/s1. The zero-order valence-corrected chi connectivity index (χ0v) is 21.2. The number of anilines is 1. The van der Waals surface area contributed by atoms with Crippen LogP contribution in [0.2, 0.25) is 0 Å². The molecular formula is C25H21F9N6O2. The quantitative estimate of drug-likeness (QED) is 0.417. The maximum absolute atomic E-state index is 14.8. The average molecular weight is 608 g/mol. The van der Waals surface area contributed by atoms with Crippen molar-refractivity contribution in [1.82, 2.24) is 24.8 Å². The molecule has 226 valence electrons. The topological polar surface area (TPSA) is 106 Å². The highest BCUT2D eigenvalue weighted by Crippen LogP contribution is 2.41. The second kappa shape index (κ2) is 10.0. The Labute approximate surface area is 230 Å². The molecule has 0 bridgehead atoms. The van der Waals surface area contributed by atoms with Crippen molar-refractivity contribution in [2.45, 2.75) is 49.8 Å². The van der Waals surface area contributed by atoms with Gasteiger partial charge in [-0.1, -0.05) is 6.07 Å². The van der Waals surface area contributed by atoms with Crippen molar-refractivity contribution in [2.24, 2.45) is 5.92 Å². The highest BCUT2D eigenvalue weighted by molar-refractivity contribution is 5.97. The molecule has 1 unspecified atom stereocenters. The molecule has 2 aromatic heterocycles. The third-order valence-electron chi connectivity index (χ3n) is 7.38. The van der Waals surface area contributed by atoms with E-state index in [1.807, 2.05) is 0 Å². The lowest BCUT2D eigenvalue weighted by Crippen LogP contribution is -2.42. The minimum Gasteiger partial charge on any atom is -0.382 e. The molecule has 2 amide bonds. The number of carbonyl (C=O) groups excluding carboxylic acids is 2. The number of amides is 2. The summed E-state index contributed by atoms with van der Waals surface area (Å²) in [5, 5.41) is 5.84. The smallest absolute Gasteiger partial charge is 0.382 e. The van der Waals surface area contributed by atoms with Crippen molar-refractivity contribution in [1.29, 1.82) is 0 Å². The highest BCUT2D eigenvalue weighted by atomic mass is 19.4. The van der Waals surface area contributed by atoms with Crippen molar-refractivity contribution in [3.8, 4) is 11.3 Å². The van der Waals surface area contributed by atoms with Crippen LogP contribution in [0.3, 0.4) is 0 Å². The Bertz CT molecular complexity index is 1550. The maximum Gasteiger partial charge on any atom is 0.418 e. The van der Waals surface area contributed by atoms with E-state index in [2.05, 4.69) is 15.4 Å². The number of fused-ring (bicyclic) bond motifs is 1. The van der Waals surface area contributed by atoms with Gasteiger partial charge in [0.05, 0.1) is 35.0 Å². The molecule has 2 fully saturated rings. The van der Waals surface area contributed by atoms with E-state index in [0.717, 1.165) is 21.8 Å². The number of likely N-dealkylation sites (tertiary alicyclic amines) is 1. The van der Waals surface area contributed by atoms with E-state index >= 15 is 0 Å². The van der Waals surface area contributed by atoms with E-state index in [1.165, 1.54) is 0 Å². The van der Waals surface area contributed by atoms with E-state index in [4.69, 9.17) is 5.73 Å². The number of hydrogen-bond donors (Lipinski definition) is 2. The Morgan fingerprint density at radius 3 is 2.33 bits per heavy atom. The summed E-state index contributed by atoms with van der Waals surface area (Å²) in [5.74, 6) is -6.79. The van der Waals surface area contributed by atoms with Gasteiger partial charge in [0, 0.05) is 30.9 Å². The molecule has 3 heterocycles. The normalized spacial score (nSPS) is 22.6. The molecule has 3 N–H and O–H groups in total. The Hall–Kier alpha value is -4.05. The summed E-state index contributed by atoms with van der Waals surface area (Å²) >= 11 is 0. The van der Waals surface area contributed by atoms with Crippen LogP contribution in [0.4, 0.5) is 45.3 Å². The zero-order valence-electron chi connectivity index (χ0n) is 21.2. The molecule has 1 aliphatic carbocycles. The summed E-state index contributed by atoms with van der Waals surface area (Å²) in [5.41, 5.74) is 0.571. The van der Waals surface area contributed by atoms with Gasteiger partial charge in [0.15, 0.2) is 5.82 Å². The number of rotatable bonds is 4. The average Bonchev–Trinajstić information content (AvgIpc) is 3.58. The molecule has 0 spiro atoms. The molecule has 3 atom stereocenters. The first-order chi connectivity index (χ1) is 19.5. The fourth-order valence-corrected chi connectivity index (χ4v) is 5.37. The summed E-state index contributed by atoms with van der Waals surface area (Å²) in [4.78, 5) is 30.2. The summed E-state index contributed by atoms with van der Waals surface area (Å²) in [7, 11) is 0. The molecule has 17 heteroatoms. The lowest BCUT2D eigenvalue weighted by molar-refractivity contribution is -0.138. The fraction of sp³-hybridized carbons (Fsp3) is 0.440. The van der Waals surface area contributed by atoms with Crippen molar-refractivity contribution < 1.29 is 49.1 Å². The van der Waals surface area contributed by atoms with Crippen molar-refractivity contribution >= 4 is 23.1 Å². The van der Waals surface area contributed by atoms with Crippen LogP contribution >= 0.6 is 0 Å². The lowest BCUT2D eigenvalue weighted by Gasteiger charge is -2.21. The van der Waals surface area contributed by atoms with Gasteiger partial charge in [-0.25, -0.2) is 22.7 Å². The van der Waals surface area contributed by atoms with Crippen LogP contribution in [0.5, 0.6) is 0 Å². The van der Waals surface area contributed by atoms with Crippen LogP contribution in [-0.2, 0) is 17.1 Å². The molecule has 1 aliphatic heterocycles. The first kappa shape index (κ1) is 29.4. The van der Waals surface area contributed by atoms with Crippen LogP contribution < -0.4 is 11.1 Å². The highest BCUT2D eigenvalue weighted by Gasteiger charge is 2.46. The van der Waals surface area contributed by atoms with Gasteiger partial charge in [0.25, 0.3) is 5.91 Å². The molecule has 3 aromatic rings. The third-order valence-corrected chi connectivity index (χ3v) is 7.38. The molecule has 8 nitrogen and oxygen atoms in total. The van der Waals surface area contributed by atoms with E-state index in [1.54, 1.807) is 0 Å². The first-order valence-corrected chi connectivity index (χ1v) is 12.5. The summed E-state index contributed by atoms with van der Waals surface area (Å²) < 4.78 is 125. The number of alkyl halides is 9. The number of carbonyl (C=O) groups is 2. The lowest BCUT2D eigenvalue weighted by atomic mass is 10.00. The first-order valence-electron chi connectivity index (χ1n) is 12.5. The van der Waals surface area contributed by atoms with Crippen LogP contribution in [-0.4, -0.2) is 62.5 Å². The van der Waals surface area contributed by atoms with Crippen LogP contribution in [0.25, 0.3) is 16.8 Å². The largest absolute Gasteiger partial charge is 0.418 e. The molecule has 0 radical (unpaired) electrons. The Kier molecular flexibility index (Phi) is 7.04. The minimum atomic E-state index is -5.09. The second-order valence-corrected chi connectivity index (χ2v) is 10.2. The predicted molar refractivity (Wildman–Crippen MR) is 128 cm³/mol. The molecular weight excluding hydrogens is 587 g/mol. The molecule has 5 rings (SSSR count). The number of nitrogen functional groups attached to an aromatic ring is 1. The van der Waals surface area contributed by atoms with Gasteiger partial charge < -0.3 is 16.0 Å². The summed E-state index contributed by atoms with van der Waals surface area (Å²) in [6.07, 6.45) is -12.4. The number of nitrogens with two attached hydrogens (primary N) is 1. The van der Waals surface area contributed by atoms with Crippen LogP contribution in [0.1, 0.15) is 40.7 Å². The van der Waals surface area contributed by atoms with Gasteiger partial charge in [0.1, 0.15) is 18.0 Å². The number of hydrogen-bond acceptors (Lipinski definition) is 5. The minimum absolute atomic E-state index is 0.112. The molecule has 1 saturated heterocycles. The van der Waals surface area contributed by atoms with Gasteiger partial charge >= 0.3 is 12.4 Å². The number of aromatic nitrogens is 3. The van der Waals surface area contributed by atoms with E-state index < -0.39 is 102 Å². The van der Waals surface area contributed by atoms with Crippen molar-refractivity contribution in [3.05, 3.63) is 47.3 Å². The number of nitrogens with zero attached hydrogens (tertiary/aromatic N) is 4. The SMILES string of the molecule is Nc1ncnn2c(-c3ccc(C(F)(F)F)c(C(=O)N[C@@H]4CN(C(=O)C5CCC(F)(F)C5)C[C@@H]4F)c3)cc(C(F)(F)F)c12. The molecule has 1 aromatic carbocycles.